The molecule has 0 aliphatic heterocycles. The molecule has 0 amide bonds. The minimum absolute atomic E-state index is 0.240. The van der Waals surface area contributed by atoms with E-state index < -0.39 is 19.7 Å². The molecule has 0 N–H and O–H groups in total. The molecule has 0 bridgehead atoms. The molecule has 2 aromatic carbocycles. The van der Waals surface area contributed by atoms with E-state index in [4.69, 9.17) is 0 Å². The summed E-state index contributed by atoms with van der Waals surface area (Å²) in [4.78, 5) is 19.8. The van der Waals surface area contributed by atoms with Gasteiger partial charge in [0.1, 0.15) is 0 Å². The molecule has 0 aromatic heterocycles. The lowest BCUT2D eigenvalue weighted by molar-refractivity contribution is -0.385. The summed E-state index contributed by atoms with van der Waals surface area (Å²) in [5.41, 5.74) is -0.0856. The molecule has 8 nitrogen and oxygen atoms in total. The number of sulfone groups is 1. The summed E-state index contributed by atoms with van der Waals surface area (Å²) in [5, 5.41) is 21.7. The fourth-order valence-corrected chi connectivity index (χ4v) is 3.87. The Morgan fingerprint density at radius 3 is 1.43 bits per heavy atom. The first-order chi connectivity index (χ1) is 10.6. The molecule has 0 radical (unpaired) electrons. The van der Waals surface area contributed by atoms with Crippen molar-refractivity contribution in [1.29, 1.82) is 0 Å². The predicted molar refractivity (Wildman–Crippen MR) is 81.1 cm³/mol. The molecule has 120 valence electrons. The van der Waals surface area contributed by atoms with E-state index in [1.54, 1.807) is 0 Å². The molecule has 0 heterocycles. The third-order valence-corrected chi connectivity index (χ3v) is 5.38. The van der Waals surface area contributed by atoms with Crippen LogP contribution in [-0.2, 0) is 9.84 Å². The van der Waals surface area contributed by atoms with Crippen LogP contribution in [0.4, 0.5) is 11.4 Å². The van der Waals surface area contributed by atoms with Crippen LogP contribution < -0.4 is 0 Å². The molecular weight excluding hydrogens is 324 g/mol. The molecule has 9 heteroatoms. The van der Waals surface area contributed by atoms with Crippen molar-refractivity contribution in [3.8, 4) is 0 Å². The topological polar surface area (TPSA) is 120 Å². The monoisotopic (exact) mass is 336 g/mol. The predicted octanol–water partition coefficient (Wildman–Crippen LogP) is 2.95. The summed E-state index contributed by atoms with van der Waals surface area (Å²) in [6.45, 7) is 3.01. The van der Waals surface area contributed by atoms with Crippen LogP contribution in [0.25, 0.3) is 0 Å². The Labute approximate surface area is 131 Å². The second-order valence-electron chi connectivity index (χ2n) is 4.92. The highest BCUT2D eigenvalue weighted by atomic mass is 32.2. The SMILES string of the molecule is Cc1ccc([N+](=O)[O-])cc1S(=O)(=O)c1cc([N+](=O)[O-])ccc1C. The summed E-state index contributed by atoms with van der Waals surface area (Å²) >= 11 is 0. The van der Waals surface area contributed by atoms with Crippen LogP contribution in [0, 0.1) is 34.1 Å². The number of benzene rings is 2. The van der Waals surface area contributed by atoms with Gasteiger partial charge in [-0.3, -0.25) is 20.2 Å². The number of hydrogen-bond acceptors (Lipinski definition) is 6. The fourth-order valence-electron chi connectivity index (χ4n) is 2.10. The number of hydrogen-bond donors (Lipinski definition) is 0. The van der Waals surface area contributed by atoms with Gasteiger partial charge in [0.25, 0.3) is 11.4 Å². The summed E-state index contributed by atoms with van der Waals surface area (Å²) in [7, 11) is -4.12. The van der Waals surface area contributed by atoms with Gasteiger partial charge in [0.15, 0.2) is 0 Å². The van der Waals surface area contributed by atoms with Crippen molar-refractivity contribution in [3.05, 3.63) is 67.8 Å². The highest BCUT2D eigenvalue weighted by Gasteiger charge is 2.26. The standard InChI is InChI=1S/C14H12N2O6S/c1-9-3-5-11(15(17)18)7-13(9)23(21,22)14-8-12(16(19)20)6-4-10(14)2/h3-8H,1-2H3. The quantitative estimate of drug-likeness (QED) is 0.625. The van der Waals surface area contributed by atoms with E-state index in [0.29, 0.717) is 11.1 Å². The van der Waals surface area contributed by atoms with Crippen LogP contribution in [0.3, 0.4) is 0 Å². The molecule has 2 aromatic rings. The van der Waals surface area contributed by atoms with Crippen LogP contribution in [0.1, 0.15) is 11.1 Å². The molecule has 0 saturated heterocycles. The van der Waals surface area contributed by atoms with Gasteiger partial charge in [-0.2, -0.15) is 0 Å². The smallest absolute Gasteiger partial charge is 0.258 e. The van der Waals surface area contributed by atoms with Gasteiger partial charge in [-0.25, -0.2) is 8.42 Å². The van der Waals surface area contributed by atoms with Crippen LogP contribution in [0.15, 0.2) is 46.2 Å². The third-order valence-electron chi connectivity index (χ3n) is 3.34. The maximum Gasteiger partial charge on any atom is 0.270 e. The summed E-state index contributed by atoms with van der Waals surface area (Å²) in [5.74, 6) is 0. The van der Waals surface area contributed by atoms with Gasteiger partial charge in [0, 0.05) is 24.3 Å². The van der Waals surface area contributed by atoms with E-state index in [1.807, 2.05) is 0 Å². The first kappa shape index (κ1) is 16.6. The number of rotatable bonds is 4. The lowest BCUT2D eigenvalue weighted by Gasteiger charge is -2.10. The zero-order valence-electron chi connectivity index (χ0n) is 12.2. The van der Waals surface area contributed by atoms with Crippen molar-refractivity contribution in [1.82, 2.24) is 0 Å². The molecule has 0 unspecified atom stereocenters. The van der Waals surface area contributed by atoms with E-state index in [2.05, 4.69) is 0 Å². The fraction of sp³-hybridized carbons (Fsp3) is 0.143. The van der Waals surface area contributed by atoms with Crippen molar-refractivity contribution >= 4 is 21.2 Å². The zero-order chi connectivity index (χ0) is 17.4. The Kier molecular flexibility index (Phi) is 4.15. The van der Waals surface area contributed by atoms with Gasteiger partial charge in [0.2, 0.25) is 9.84 Å². The van der Waals surface area contributed by atoms with Gasteiger partial charge in [-0.15, -0.1) is 0 Å². The van der Waals surface area contributed by atoms with Crippen molar-refractivity contribution < 1.29 is 18.3 Å². The van der Waals surface area contributed by atoms with Crippen molar-refractivity contribution in [3.63, 3.8) is 0 Å². The number of non-ortho nitro benzene ring substituents is 2. The molecule has 0 aliphatic carbocycles. The lowest BCUT2D eigenvalue weighted by Crippen LogP contribution is -2.07. The Hall–Kier alpha value is -2.81. The average molecular weight is 336 g/mol. The second-order valence-corrected chi connectivity index (χ2v) is 6.80. The normalized spacial score (nSPS) is 11.2. The number of nitro groups is 2. The van der Waals surface area contributed by atoms with Gasteiger partial charge in [-0.05, 0) is 25.0 Å². The Balaban J connectivity index is 2.73. The molecule has 2 rings (SSSR count). The summed E-state index contributed by atoms with van der Waals surface area (Å²) in [6, 6.07) is 6.99. The molecule has 0 aliphatic rings. The Morgan fingerprint density at radius 2 is 1.13 bits per heavy atom. The highest BCUT2D eigenvalue weighted by molar-refractivity contribution is 7.91. The zero-order valence-corrected chi connectivity index (χ0v) is 13.0. The first-order valence-electron chi connectivity index (χ1n) is 6.40. The minimum atomic E-state index is -4.12. The van der Waals surface area contributed by atoms with Crippen molar-refractivity contribution in [2.45, 2.75) is 23.6 Å². The van der Waals surface area contributed by atoms with Crippen LogP contribution in [0.5, 0.6) is 0 Å². The maximum atomic E-state index is 12.8. The van der Waals surface area contributed by atoms with Gasteiger partial charge < -0.3 is 0 Å². The van der Waals surface area contributed by atoms with Gasteiger partial charge in [0.05, 0.1) is 19.6 Å². The van der Waals surface area contributed by atoms with E-state index in [1.165, 1.54) is 38.1 Å². The van der Waals surface area contributed by atoms with Crippen LogP contribution in [0.2, 0.25) is 0 Å². The minimum Gasteiger partial charge on any atom is -0.258 e. The molecular formula is C14H12N2O6S. The molecule has 23 heavy (non-hydrogen) atoms. The van der Waals surface area contributed by atoms with Gasteiger partial charge >= 0.3 is 0 Å². The van der Waals surface area contributed by atoms with Crippen molar-refractivity contribution in [2.75, 3.05) is 0 Å². The average Bonchev–Trinajstić information content (AvgIpc) is 2.47. The Morgan fingerprint density at radius 1 is 0.783 bits per heavy atom. The second kappa shape index (κ2) is 5.76. The van der Waals surface area contributed by atoms with E-state index in [0.717, 1.165) is 12.1 Å². The lowest BCUT2D eigenvalue weighted by atomic mass is 10.2. The van der Waals surface area contributed by atoms with Crippen LogP contribution >= 0.6 is 0 Å². The summed E-state index contributed by atoms with van der Waals surface area (Å²) in [6.07, 6.45) is 0. The molecule has 0 atom stereocenters. The third kappa shape index (κ3) is 3.04. The highest BCUT2D eigenvalue weighted by Crippen LogP contribution is 2.31. The van der Waals surface area contributed by atoms with Gasteiger partial charge in [-0.1, -0.05) is 12.1 Å². The van der Waals surface area contributed by atoms with E-state index in [9.17, 15) is 28.6 Å². The summed E-state index contributed by atoms with van der Waals surface area (Å²) < 4.78 is 25.6. The van der Waals surface area contributed by atoms with Crippen molar-refractivity contribution in [2.24, 2.45) is 0 Å². The molecule has 0 saturated carbocycles. The number of nitro benzene ring substituents is 2. The Bertz CT molecular complexity index is 851. The van der Waals surface area contributed by atoms with E-state index >= 15 is 0 Å². The molecule has 0 fully saturated rings. The van der Waals surface area contributed by atoms with Crippen LogP contribution in [-0.4, -0.2) is 18.3 Å². The number of aryl methyl sites for hydroxylation is 2. The largest absolute Gasteiger partial charge is 0.270 e. The van der Waals surface area contributed by atoms with E-state index in [-0.39, 0.29) is 21.2 Å². The maximum absolute atomic E-state index is 12.8. The number of nitrogens with zero attached hydrogens (tertiary/aromatic N) is 2. The first-order valence-corrected chi connectivity index (χ1v) is 7.88. The molecule has 0 spiro atoms.